The van der Waals surface area contributed by atoms with E-state index in [0.29, 0.717) is 6.04 Å². The summed E-state index contributed by atoms with van der Waals surface area (Å²) in [6, 6.07) is 11.3. The number of aryl methyl sites for hydroxylation is 1. The molecular weight excluding hydrogens is 268 g/mol. The molecule has 0 aliphatic heterocycles. The van der Waals surface area contributed by atoms with Crippen LogP contribution in [0.3, 0.4) is 0 Å². The van der Waals surface area contributed by atoms with Crippen LogP contribution < -0.4 is 0 Å². The molecule has 0 radical (unpaired) electrons. The van der Waals surface area contributed by atoms with E-state index in [9.17, 15) is 5.26 Å². The van der Waals surface area contributed by atoms with Gasteiger partial charge in [0, 0.05) is 6.04 Å². The summed E-state index contributed by atoms with van der Waals surface area (Å²) < 4.78 is 2.10. The molecule has 0 bridgehead atoms. The van der Waals surface area contributed by atoms with Gasteiger partial charge in [-0.1, -0.05) is 41.6 Å². The van der Waals surface area contributed by atoms with Crippen molar-refractivity contribution in [3.05, 3.63) is 41.7 Å². The van der Waals surface area contributed by atoms with E-state index < -0.39 is 0 Å². The average molecular weight is 284 g/mol. The van der Waals surface area contributed by atoms with Crippen LogP contribution in [0.25, 0.3) is 0 Å². The fraction of sp³-hybridized carbons (Fsp3) is 0.400. The molecule has 4 nitrogen and oxygen atoms in total. The molecular formula is C15H16N4S. The Labute approximate surface area is 122 Å². The molecule has 1 aromatic heterocycles. The number of hydrogen-bond donors (Lipinski definition) is 0. The Balaban J connectivity index is 1.69. The molecule has 3 rings (SSSR count). The first-order valence-electron chi connectivity index (χ1n) is 6.77. The summed E-state index contributed by atoms with van der Waals surface area (Å²) in [6.07, 6.45) is 4.90. The van der Waals surface area contributed by atoms with Crippen molar-refractivity contribution in [2.45, 2.75) is 42.6 Å². The summed E-state index contributed by atoms with van der Waals surface area (Å²) >= 11 is 1.52. The zero-order valence-electron chi connectivity index (χ0n) is 11.4. The van der Waals surface area contributed by atoms with E-state index in [4.69, 9.17) is 0 Å². The first-order valence-corrected chi connectivity index (χ1v) is 7.65. The molecule has 0 saturated heterocycles. The molecule has 0 amide bonds. The maximum atomic E-state index is 9.36. The van der Waals surface area contributed by atoms with Crippen molar-refractivity contribution in [3.63, 3.8) is 0 Å². The fourth-order valence-corrected chi connectivity index (χ4v) is 3.09. The quantitative estimate of drug-likeness (QED) is 0.791. The predicted molar refractivity (Wildman–Crippen MR) is 78.4 cm³/mol. The van der Waals surface area contributed by atoms with Crippen LogP contribution in [-0.4, -0.2) is 20.0 Å². The van der Waals surface area contributed by atoms with Crippen LogP contribution in [0.4, 0.5) is 0 Å². The SMILES string of the molecule is Cc1ccc(C[C@H](C#N)Sc2nncn2C2CC2)cc1. The Morgan fingerprint density at radius 2 is 2.15 bits per heavy atom. The van der Waals surface area contributed by atoms with Crippen molar-refractivity contribution in [1.82, 2.24) is 14.8 Å². The molecule has 1 heterocycles. The van der Waals surface area contributed by atoms with Crippen LogP contribution in [0.5, 0.6) is 0 Å². The zero-order chi connectivity index (χ0) is 13.9. The highest BCUT2D eigenvalue weighted by Gasteiger charge is 2.27. The lowest BCUT2D eigenvalue weighted by atomic mass is 10.1. The van der Waals surface area contributed by atoms with E-state index in [1.165, 1.54) is 35.7 Å². The number of nitrogens with zero attached hydrogens (tertiary/aromatic N) is 4. The predicted octanol–water partition coefficient (Wildman–Crippen LogP) is 3.15. The Bertz CT molecular complexity index is 622. The van der Waals surface area contributed by atoms with Crippen LogP contribution in [0.15, 0.2) is 35.7 Å². The Morgan fingerprint density at radius 1 is 1.40 bits per heavy atom. The fourth-order valence-electron chi connectivity index (χ4n) is 2.10. The Morgan fingerprint density at radius 3 is 2.80 bits per heavy atom. The second-order valence-electron chi connectivity index (χ2n) is 5.18. The van der Waals surface area contributed by atoms with Gasteiger partial charge in [-0.2, -0.15) is 5.26 Å². The van der Waals surface area contributed by atoms with Gasteiger partial charge in [0.05, 0.1) is 6.07 Å². The average Bonchev–Trinajstić information content (AvgIpc) is 3.20. The Hall–Kier alpha value is -1.80. The molecule has 1 aromatic carbocycles. The molecule has 102 valence electrons. The van der Waals surface area contributed by atoms with Gasteiger partial charge in [-0.05, 0) is 31.7 Å². The number of hydrogen-bond acceptors (Lipinski definition) is 4. The van der Waals surface area contributed by atoms with Gasteiger partial charge >= 0.3 is 0 Å². The summed E-state index contributed by atoms with van der Waals surface area (Å²) in [7, 11) is 0. The van der Waals surface area contributed by atoms with Gasteiger partial charge in [-0.15, -0.1) is 10.2 Å². The van der Waals surface area contributed by atoms with Gasteiger partial charge in [0.1, 0.15) is 11.6 Å². The molecule has 5 heteroatoms. The summed E-state index contributed by atoms with van der Waals surface area (Å²) in [4.78, 5) is 0. The third kappa shape index (κ3) is 3.02. The molecule has 1 saturated carbocycles. The molecule has 0 N–H and O–H groups in total. The van der Waals surface area contributed by atoms with Gasteiger partial charge in [-0.3, -0.25) is 0 Å². The molecule has 1 atom stereocenters. The summed E-state index contributed by atoms with van der Waals surface area (Å²) in [6.45, 7) is 2.07. The molecule has 20 heavy (non-hydrogen) atoms. The third-order valence-electron chi connectivity index (χ3n) is 3.41. The lowest BCUT2D eigenvalue weighted by Crippen LogP contribution is -2.06. The minimum Gasteiger partial charge on any atom is -0.305 e. The van der Waals surface area contributed by atoms with Crippen molar-refractivity contribution in [3.8, 4) is 6.07 Å². The highest BCUT2D eigenvalue weighted by atomic mass is 32.2. The van der Waals surface area contributed by atoms with Gasteiger partial charge < -0.3 is 4.57 Å². The van der Waals surface area contributed by atoms with Gasteiger partial charge in [0.25, 0.3) is 0 Å². The number of nitriles is 1. The molecule has 1 fully saturated rings. The van der Waals surface area contributed by atoms with Crippen LogP contribution in [-0.2, 0) is 6.42 Å². The normalized spacial score (nSPS) is 15.8. The number of thioether (sulfide) groups is 1. The molecule has 0 unspecified atom stereocenters. The van der Waals surface area contributed by atoms with Crippen molar-refractivity contribution in [2.24, 2.45) is 0 Å². The monoisotopic (exact) mass is 284 g/mol. The minimum absolute atomic E-state index is 0.126. The first-order chi connectivity index (χ1) is 9.76. The zero-order valence-corrected chi connectivity index (χ0v) is 12.2. The van der Waals surface area contributed by atoms with Gasteiger partial charge in [0.2, 0.25) is 0 Å². The lowest BCUT2D eigenvalue weighted by Gasteiger charge is -2.09. The first kappa shape index (κ1) is 13.2. The molecule has 0 spiro atoms. The second kappa shape index (κ2) is 5.68. The molecule has 1 aliphatic carbocycles. The highest BCUT2D eigenvalue weighted by molar-refractivity contribution is 8.00. The number of benzene rings is 1. The summed E-state index contributed by atoms with van der Waals surface area (Å²) in [5.74, 6) is 0. The van der Waals surface area contributed by atoms with Crippen LogP contribution in [0.1, 0.15) is 30.0 Å². The summed E-state index contributed by atoms with van der Waals surface area (Å²) in [5.41, 5.74) is 2.43. The third-order valence-corrected chi connectivity index (χ3v) is 4.47. The standard InChI is InChI=1S/C15H16N4S/c1-11-2-4-12(5-3-11)8-14(9-16)20-15-18-17-10-19(15)13-6-7-13/h2-5,10,13-14H,6-8H2,1H3/t14-/m1/s1. The maximum Gasteiger partial charge on any atom is 0.192 e. The smallest absolute Gasteiger partial charge is 0.192 e. The largest absolute Gasteiger partial charge is 0.305 e. The maximum absolute atomic E-state index is 9.36. The number of rotatable bonds is 5. The van der Waals surface area contributed by atoms with Crippen molar-refractivity contribution < 1.29 is 0 Å². The van der Waals surface area contributed by atoms with Crippen LogP contribution >= 0.6 is 11.8 Å². The molecule has 1 aliphatic rings. The van der Waals surface area contributed by atoms with E-state index >= 15 is 0 Å². The minimum atomic E-state index is -0.126. The topological polar surface area (TPSA) is 54.5 Å². The van der Waals surface area contributed by atoms with E-state index in [0.717, 1.165) is 11.6 Å². The highest BCUT2D eigenvalue weighted by Crippen LogP contribution is 2.38. The van der Waals surface area contributed by atoms with E-state index in [1.54, 1.807) is 6.33 Å². The van der Waals surface area contributed by atoms with Crippen molar-refractivity contribution in [2.75, 3.05) is 0 Å². The molecule has 2 aromatic rings. The van der Waals surface area contributed by atoms with Crippen LogP contribution in [0, 0.1) is 18.3 Å². The van der Waals surface area contributed by atoms with Gasteiger partial charge in [0.15, 0.2) is 5.16 Å². The Kier molecular flexibility index (Phi) is 3.75. The van der Waals surface area contributed by atoms with Crippen molar-refractivity contribution in [1.29, 1.82) is 5.26 Å². The van der Waals surface area contributed by atoms with Crippen LogP contribution in [0.2, 0.25) is 0 Å². The van der Waals surface area contributed by atoms with Crippen molar-refractivity contribution >= 4 is 11.8 Å². The second-order valence-corrected chi connectivity index (χ2v) is 6.35. The summed E-state index contributed by atoms with van der Waals surface area (Å²) in [5, 5.41) is 18.2. The lowest BCUT2D eigenvalue weighted by molar-refractivity contribution is 0.662. The van der Waals surface area contributed by atoms with E-state index in [1.807, 2.05) is 0 Å². The van der Waals surface area contributed by atoms with E-state index in [2.05, 4.69) is 52.0 Å². The van der Waals surface area contributed by atoms with E-state index in [-0.39, 0.29) is 5.25 Å². The number of aromatic nitrogens is 3. The van der Waals surface area contributed by atoms with Gasteiger partial charge in [-0.25, -0.2) is 0 Å².